The first-order valence-electron chi connectivity index (χ1n) is 8.09. The van der Waals surface area contributed by atoms with Gasteiger partial charge in [-0.25, -0.2) is 15.0 Å². The van der Waals surface area contributed by atoms with E-state index in [0.717, 1.165) is 48.9 Å². The van der Waals surface area contributed by atoms with Crippen molar-refractivity contribution in [1.82, 2.24) is 15.0 Å². The Morgan fingerprint density at radius 2 is 2.25 bits per heavy atom. The molecule has 24 heavy (non-hydrogen) atoms. The molecule has 124 valence electrons. The predicted octanol–water partition coefficient (Wildman–Crippen LogP) is 2.17. The Balaban J connectivity index is 1.71. The van der Waals surface area contributed by atoms with Crippen LogP contribution >= 0.6 is 0 Å². The molecule has 0 radical (unpaired) electrons. The molecule has 1 saturated heterocycles. The van der Waals surface area contributed by atoms with Crippen LogP contribution in [0.4, 0.5) is 17.5 Å². The van der Waals surface area contributed by atoms with Gasteiger partial charge in [0.05, 0.1) is 0 Å². The van der Waals surface area contributed by atoms with Crippen molar-refractivity contribution in [2.75, 3.05) is 35.7 Å². The quantitative estimate of drug-likeness (QED) is 0.871. The molecule has 0 aliphatic carbocycles. The second-order valence-corrected chi connectivity index (χ2v) is 5.86. The van der Waals surface area contributed by atoms with Gasteiger partial charge in [-0.2, -0.15) is 5.26 Å². The van der Waals surface area contributed by atoms with E-state index < -0.39 is 0 Å². The first-order valence-corrected chi connectivity index (χ1v) is 8.09. The lowest BCUT2D eigenvalue weighted by atomic mass is 10.2. The molecule has 1 fully saturated rings. The summed E-state index contributed by atoms with van der Waals surface area (Å²) in [7, 11) is 1.85. The maximum absolute atomic E-state index is 9.00. The van der Waals surface area contributed by atoms with E-state index in [4.69, 9.17) is 5.26 Å². The zero-order chi connectivity index (χ0) is 16.9. The average molecular weight is 323 g/mol. The van der Waals surface area contributed by atoms with Crippen LogP contribution < -0.4 is 15.5 Å². The van der Waals surface area contributed by atoms with Crippen molar-refractivity contribution in [3.8, 4) is 6.07 Å². The molecule has 7 nitrogen and oxygen atoms in total. The molecule has 1 unspecified atom stereocenters. The smallest absolute Gasteiger partial charge is 0.142 e. The number of nitrogens with zero attached hydrogens (tertiary/aromatic N) is 5. The molecular weight excluding hydrogens is 302 g/mol. The van der Waals surface area contributed by atoms with Crippen LogP contribution in [-0.2, 0) is 0 Å². The van der Waals surface area contributed by atoms with Crippen molar-refractivity contribution < 1.29 is 0 Å². The van der Waals surface area contributed by atoms with Crippen LogP contribution in [0.25, 0.3) is 0 Å². The zero-order valence-electron chi connectivity index (χ0n) is 14.0. The number of hydrogen-bond donors (Lipinski definition) is 2. The molecule has 3 heterocycles. The number of nitriles is 1. The Kier molecular flexibility index (Phi) is 4.75. The highest BCUT2D eigenvalue weighted by Crippen LogP contribution is 2.25. The Labute approximate surface area is 141 Å². The normalized spacial score (nSPS) is 16.7. The van der Waals surface area contributed by atoms with Gasteiger partial charge in [-0.15, -0.1) is 0 Å². The summed E-state index contributed by atoms with van der Waals surface area (Å²) >= 11 is 0. The van der Waals surface area contributed by atoms with E-state index in [-0.39, 0.29) is 0 Å². The summed E-state index contributed by atoms with van der Waals surface area (Å²) in [6, 6.07) is 8.06. The van der Waals surface area contributed by atoms with E-state index in [2.05, 4.69) is 36.6 Å². The Hall–Kier alpha value is -2.88. The van der Waals surface area contributed by atoms with Gasteiger partial charge < -0.3 is 15.5 Å². The van der Waals surface area contributed by atoms with E-state index >= 15 is 0 Å². The number of pyridine rings is 1. The first-order chi connectivity index (χ1) is 11.7. The summed E-state index contributed by atoms with van der Waals surface area (Å²) in [5.74, 6) is 2.53. The lowest BCUT2D eigenvalue weighted by molar-refractivity contribution is 0.688. The minimum Gasteiger partial charge on any atom is -0.373 e. The van der Waals surface area contributed by atoms with E-state index in [0.29, 0.717) is 11.7 Å². The van der Waals surface area contributed by atoms with Gasteiger partial charge in [-0.3, -0.25) is 0 Å². The van der Waals surface area contributed by atoms with Gasteiger partial charge in [0.15, 0.2) is 0 Å². The molecule has 3 rings (SSSR count). The highest BCUT2D eigenvalue weighted by molar-refractivity contribution is 5.51. The summed E-state index contributed by atoms with van der Waals surface area (Å²) < 4.78 is 0. The van der Waals surface area contributed by atoms with E-state index in [1.807, 2.05) is 26.1 Å². The molecule has 0 saturated carbocycles. The van der Waals surface area contributed by atoms with Gasteiger partial charge in [0, 0.05) is 32.2 Å². The van der Waals surface area contributed by atoms with Crippen LogP contribution in [0, 0.1) is 18.3 Å². The molecule has 2 aromatic heterocycles. The fourth-order valence-electron chi connectivity index (χ4n) is 2.97. The summed E-state index contributed by atoms with van der Waals surface area (Å²) in [6.45, 7) is 3.74. The molecule has 1 aliphatic heterocycles. The molecule has 1 atom stereocenters. The Morgan fingerprint density at radius 1 is 1.38 bits per heavy atom. The molecule has 0 amide bonds. The lowest BCUT2D eigenvalue weighted by Crippen LogP contribution is -2.35. The topological polar surface area (TPSA) is 89.8 Å². The third-order valence-electron chi connectivity index (χ3n) is 4.30. The van der Waals surface area contributed by atoms with Crippen molar-refractivity contribution in [2.45, 2.75) is 25.8 Å². The monoisotopic (exact) mass is 323 g/mol. The highest BCUT2D eigenvalue weighted by Gasteiger charge is 2.26. The maximum Gasteiger partial charge on any atom is 0.142 e. The molecule has 2 N–H and O–H groups in total. The van der Waals surface area contributed by atoms with E-state index in [1.54, 1.807) is 12.4 Å². The number of nitrogens with one attached hydrogen (secondary N) is 2. The van der Waals surface area contributed by atoms with Crippen LogP contribution in [0.1, 0.15) is 24.1 Å². The Bertz CT molecular complexity index is 753. The van der Waals surface area contributed by atoms with Crippen LogP contribution in [0.2, 0.25) is 0 Å². The predicted molar refractivity (Wildman–Crippen MR) is 94.1 cm³/mol. The molecule has 0 aromatic carbocycles. The van der Waals surface area contributed by atoms with Crippen LogP contribution in [0.15, 0.2) is 24.5 Å². The third kappa shape index (κ3) is 3.38. The molecule has 7 heteroatoms. The number of aryl methyl sites for hydroxylation is 1. The fourth-order valence-corrected chi connectivity index (χ4v) is 2.97. The standard InChI is InChI=1S/C17H21N7/c1-12-5-6-13(9-18)23-17(12)20-10-14-4-3-7-24(14)16-8-15(19-2)21-11-22-16/h5-6,8,11,14H,3-4,7,10H2,1-2H3,(H,20,23)(H,19,21,22). The number of anilines is 3. The van der Waals surface area contributed by atoms with Gasteiger partial charge in [-0.1, -0.05) is 6.07 Å². The van der Waals surface area contributed by atoms with E-state index in [1.165, 1.54) is 0 Å². The summed E-state index contributed by atoms with van der Waals surface area (Å²) in [5.41, 5.74) is 1.47. The first kappa shape index (κ1) is 16.0. The average Bonchev–Trinajstić information content (AvgIpc) is 3.09. The number of rotatable bonds is 5. The van der Waals surface area contributed by atoms with Crippen LogP contribution in [0.3, 0.4) is 0 Å². The molecule has 2 aromatic rings. The van der Waals surface area contributed by atoms with Crippen molar-refractivity contribution in [2.24, 2.45) is 0 Å². The van der Waals surface area contributed by atoms with Crippen molar-refractivity contribution >= 4 is 17.5 Å². The molecule has 1 aliphatic rings. The van der Waals surface area contributed by atoms with Crippen molar-refractivity contribution in [1.29, 1.82) is 5.26 Å². The summed E-state index contributed by atoms with van der Waals surface area (Å²) in [6.07, 6.45) is 3.82. The van der Waals surface area contributed by atoms with Crippen molar-refractivity contribution in [3.63, 3.8) is 0 Å². The van der Waals surface area contributed by atoms with Crippen LogP contribution in [0.5, 0.6) is 0 Å². The van der Waals surface area contributed by atoms with Crippen molar-refractivity contribution in [3.05, 3.63) is 35.8 Å². The molecule has 0 spiro atoms. The van der Waals surface area contributed by atoms with Gasteiger partial charge in [-0.05, 0) is 31.4 Å². The largest absolute Gasteiger partial charge is 0.373 e. The van der Waals surface area contributed by atoms with Gasteiger partial charge in [0.25, 0.3) is 0 Å². The molecule has 0 bridgehead atoms. The maximum atomic E-state index is 9.00. The second kappa shape index (κ2) is 7.13. The van der Waals surface area contributed by atoms with Gasteiger partial charge in [0.2, 0.25) is 0 Å². The fraction of sp³-hybridized carbons (Fsp3) is 0.412. The van der Waals surface area contributed by atoms with Gasteiger partial charge >= 0.3 is 0 Å². The van der Waals surface area contributed by atoms with Crippen LogP contribution in [-0.4, -0.2) is 41.1 Å². The van der Waals surface area contributed by atoms with Gasteiger partial charge in [0.1, 0.15) is 35.5 Å². The highest BCUT2D eigenvalue weighted by atomic mass is 15.3. The minimum absolute atomic E-state index is 0.344. The minimum atomic E-state index is 0.344. The number of aromatic nitrogens is 3. The number of hydrogen-bond acceptors (Lipinski definition) is 7. The SMILES string of the molecule is CNc1cc(N2CCCC2CNc2nc(C#N)ccc2C)ncn1. The Morgan fingerprint density at radius 3 is 3.04 bits per heavy atom. The third-order valence-corrected chi connectivity index (χ3v) is 4.30. The summed E-state index contributed by atoms with van der Waals surface area (Å²) in [4.78, 5) is 15.2. The lowest BCUT2D eigenvalue weighted by Gasteiger charge is -2.26. The zero-order valence-corrected chi connectivity index (χ0v) is 14.0. The van der Waals surface area contributed by atoms with E-state index in [9.17, 15) is 0 Å². The second-order valence-electron chi connectivity index (χ2n) is 5.86. The summed E-state index contributed by atoms with van der Waals surface area (Å²) in [5, 5.41) is 15.4. The molecular formula is C17H21N7.